The van der Waals surface area contributed by atoms with Gasteiger partial charge in [0.2, 0.25) is 0 Å². The Morgan fingerprint density at radius 1 is 1.31 bits per heavy atom. The van der Waals surface area contributed by atoms with Crippen LogP contribution in [0.1, 0.15) is 11.5 Å². The van der Waals surface area contributed by atoms with Crippen LogP contribution in [0, 0.1) is 11.6 Å². The van der Waals surface area contributed by atoms with E-state index < -0.39 is 0 Å². The van der Waals surface area contributed by atoms with Crippen LogP contribution in [0.15, 0.2) is 36.4 Å². The van der Waals surface area contributed by atoms with Crippen LogP contribution in [-0.2, 0) is 6.61 Å². The molecule has 0 atom stereocenters. The minimum atomic E-state index is 0.398. The van der Waals surface area contributed by atoms with Crippen LogP contribution in [0.3, 0.4) is 0 Å². The maximum absolute atomic E-state index is 5.56. The minimum absolute atomic E-state index is 0.398. The van der Waals surface area contributed by atoms with Crippen molar-refractivity contribution in [3.05, 3.63) is 52.6 Å². The predicted molar refractivity (Wildman–Crippen MR) is 64.9 cm³/mol. The van der Waals surface area contributed by atoms with Gasteiger partial charge in [-0.15, -0.1) is 0 Å². The molecule has 4 heteroatoms. The molecular formula is C12H12N2OS. The van der Waals surface area contributed by atoms with E-state index in [4.69, 9.17) is 17.0 Å². The van der Waals surface area contributed by atoms with Gasteiger partial charge >= 0.3 is 0 Å². The Balaban J connectivity index is 2.08. The summed E-state index contributed by atoms with van der Waals surface area (Å²) in [5.74, 6) is 1.57. The molecule has 1 heterocycles. The fraction of sp³-hybridized carbons (Fsp3) is 0.167. The molecule has 0 aliphatic rings. The van der Waals surface area contributed by atoms with Crippen molar-refractivity contribution in [3.63, 3.8) is 0 Å². The molecule has 2 rings (SSSR count). The third-order valence-electron chi connectivity index (χ3n) is 2.05. The number of H-pyrrole nitrogens is 1. The third-order valence-corrected chi connectivity index (χ3v) is 2.25. The molecule has 0 spiro atoms. The molecule has 0 aliphatic heterocycles. The molecular weight excluding hydrogens is 220 g/mol. The highest BCUT2D eigenvalue weighted by molar-refractivity contribution is 7.71. The van der Waals surface area contributed by atoms with Gasteiger partial charge in [-0.2, -0.15) is 0 Å². The fourth-order valence-electron chi connectivity index (χ4n) is 1.38. The number of nitrogens with zero attached hydrogens (tertiary/aromatic N) is 1. The Labute approximate surface area is 99.1 Å². The smallest absolute Gasteiger partial charge is 0.146 e. The average molecular weight is 232 g/mol. The number of nitrogens with one attached hydrogen (secondary N) is 1. The molecule has 0 fully saturated rings. The zero-order valence-corrected chi connectivity index (χ0v) is 9.75. The maximum Gasteiger partial charge on any atom is 0.146 e. The van der Waals surface area contributed by atoms with Crippen molar-refractivity contribution < 1.29 is 4.74 Å². The van der Waals surface area contributed by atoms with Crippen molar-refractivity contribution in [1.82, 2.24) is 9.97 Å². The Kier molecular flexibility index (Phi) is 3.31. The topological polar surface area (TPSA) is 37.9 Å². The van der Waals surface area contributed by atoms with Crippen molar-refractivity contribution in [2.24, 2.45) is 0 Å². The van der Waals surface area contributed by atoms with Crippen molar-refractivity contribution in [1.29, 1.82) is 0 Å². The number of benzene rings is 1. The van der Waals surface area contributed by atoms with Crippen LogP contribution in [0.4, 0.5) is 0 Å². The molecule has 82 valence electrons. The van der Waals surface area contributed by atoms with E-state index in [9.17, 15) is 0 Å². The molecule has 0 saturated carbocycles. The molecule has 0 unspecified atom stereocenters. The lowest BCUT2D eigenvalue weighted by molar-refractivity contribution is 0.295. The van der Waals surface area contributed by atoms with Crippen LogP contribution in [-0.4, -0.2) is 9.97 Å². The van der Waals surface area contributed by atoms with Gasteiger partial charge in [0, 0.05) is 5.69 Å². The monoisotopic (exact) mass is 232 g/mol. The largest absolute Gasteiger partial charge is 0.486 e. The van der Waals surface area contributed by atoms with Crippen molar-refractivity contribution >= 4 is 12.2 Å². The minimum Gasteiger partial charge on any atom is -0.486 e. The number of rotatable bonds is 3. The molecule has 0 aliphatic carbocycles. The van der Waals surface area contributed by atoms with Gasteiger partial charge in [0.25, 0.3) is 0 Å². The van der Waals surface area contributed by atoms with Gasteiger partial charge in [-0.05, 0) is 25.1 Å². The first-order valence-electron chi connectivity index (χ1n) is 4.99. The molecule has 1 aromatic heterocycles. The Hall–Kier alpha value is -1.68. The lowest BCUT2D eigenvalue weighted by Gasteiger charge is -2.05. The van der Waals surface area contributed by atoms with Gasteiger partial charge in [-0.25, -0.2) is 4.98 Å². The molecule has 0 amide bonds. The quantitative estimate of drug-likeness (QED) is 0.827. The lowest BCUT2D eigenvalue weighted by Crippen LogP contribution is -2.02. The van der Waals surface area contributed by atoms with E-state index in [1.807, 2.05) is 43.3 Å². The van der Waals surface area contributed by atoms with Crippen molar-refractivity contribution in [2.75, 3.05) is 0 Å². The van der Waals surface area contributed by atoms with E-state index in [0.29, 0.717) is 11.2 Å². The first kappa shape index (κ1) is 10.8. The second-order valence-corrected chi connectivity index (χ2v) is 3.87. The summed E-state index contributed by atoms with van der Waals surface area (Å²) in [6, 6.07) is 11.4. The summed E-state index contributed by atoms with van der Waals surface area (Å²) in [6.07, 6.45) is 0. The number of ether oxygens (including phenoxy) is 1. The second kappa shape index (κ2) is 4.90. The highest BCUT2D eigenvalue weighted by Crippen LogP contribution is 2.10. The summed E-state index contributed by atoms with van der Waals surface area (Å²) in [5.41, 5.74) is 0.992. The zero-order valence-electron chi connectivity index (χ0n) is 8.93. The highest BCUT2D eigenvalue weighted by atomic mass is 32.1. The van der Waals surface area contributed by atoms with E-state index in [0.717, 1.165) is 17.3 Å². The van der Waals surface area contributed by atoms with Crippen LogP contribution in [0.2, 0.25) is 0 Å². The van der Waals surface area contributed by atoms with Crippen LogP contribution in [0.5, 0.6) is 5.75 Å². The Morgan fingerprint density at radius 3 is 2.75 bits per heavy atom. The summed E-state index contributed by atoms with van der Waals surface area (Å²) >= 11 is 5.03. The van der Waals surface area contributed by atoms with Gasteiger partial charge in [0.05, 0.1) is 0 Å². The van der Waals surface area contributed by atoms with Crippen LogP contribution in [0.25, 0.3) is 0 Å². The van der Waals surface area contributed by atoms with Gasteiger partial charge in [0.1, 0.15) is 22.8 Å². The van der Waals surface area contributed by atoms with E-state index in [1.165, 1.54) is 0 Å². The number of aryl methyl sites for hydroxylation is 1. The van der Waals surface area contributed by atoms with E-state index in [-0.39, 0.29) is 0 Å². The Morgan fingerprint density at radius 2 is 2.06 bits per heavy atom. The molecule has 1 N–H and O–H groups in total. The van der Waals surface area contributed by atoms with E-state index >= 15 is 0 Å². The molecule has 2 aromatic rings. The van der Waals surface area contributed by atoms with Crippen LogP contribution < -0.4 is 4.74 Å². The Bertz CT molecular complexity index is 522. The number of hydrogen-bond donors (Lipinski definition) is 1. The summed E-state index contributed by atoms with van der Waals surface area (Å²) in [6.45, 7) is 2.35. The molecule has 16 heavy (non-hydrogen) atoms. The predicted octanol–water partition coefficient (Wildman–Crippen LogP) is 3.03. The van der Waals surface area contributed by atoms with Gasteiger partial charge in [0.15, 0.2) is 0 Å². The summed E-state index contributed by atoms with van der Waals surface area (Å²) in [7, 11) is 0. The fourth-order valence-corrected chi connectivity index (χ4v) is 1.67. The first-order chi connectivity index (χ1) is 7.74. The summed E-state index contributed by atoms with van der Waals surface area (Å²) in [5, 5.41) is 0. The number of aromatic amines is 1. The standard InChI is InChI=1S/C12H12N2OS/c1-9-7-12(16)14-11(13-9)8-15-10-5-3-2-4-6-10/h2-7H,8H2,1H3,(H,13,14,16). The first-order valence-corrected chi connectivity index (χ1v) is 5.39. The molecule has 0 saturated heterocycles. The van der Waals surface area contributed by atoms with E-state index in [1.54, 1.807) is 0 Å². The van der Waals surface area contributed by atoms with E-state index in [2.05, 4.69) is 9.97 Å². The summed E-state index contributed by atoms with van der Waals surface area (Å²) < 4.78 is 6.15. The molecule has 0 radical (unpaired) electrons. The number of aromatic nitrogens is 2. The van der Waals surface area contributed by atoms with Crippen molar-refractivity contribution in [2.45, 2.75) is 13.5 Å². The third kappa shape index (κ3) is 2.90. The van der Waals surface area contributed by atoms with Gasteiger partial charge in [-0.3, -0.25) is 0 Å². The second-order valence-electron chi connectivity index (χ2n) is 3.45. The van der Waals surface area contributed by atoms with Crippen LogP contribution >= 0.6 is 12.2 Å². The number of para-hydroxylation sites is 1. The highest BCUT2D eigenvalue weighted by Gasteiger charge is 1.98. The average Bonchev–Trinajstić information content (AvgIpc) is 2.27. The van der Waals surface area contributed by atoms with Gasteiger partial charge in [-0.1, -0.05) is 30.4 Å². The molecule has 0 bridgehead atoms. The summed E-state index contributed by atoms with van der Waals surface area (Å²) in [4.78, 5) is 7.30. The maximum atomic E-state index is 5.56. The SMILES string of the molecule is Cc1cc(=S)nc(COc2ccccc2)[nH]1. The number of hydrogen-bond acceptors (Lipinski definition) is 3. The zero-order chi connectivity index (χ0) is 11.4. The van der Waals surface area contributed by atoms with Crippen molar-refractivity contribution in [3.8, 4) is 5.75 Å². The molecule has 3 nitrogen and oxygen atoms in total. The van der Waals surface area contributed by atoms with Gasteiger partial charge < -0.3 is 9.72 Å². The lowest BCUT2D eigenvalue weighted by atomic mass is 10.3. The molecule has 1 aromatic carbocycles. The normalized spacial score (nSPS) is 10.1.